The van der Waals surface area contributed by atoms with Gasteiger partial charge >= 0.3 is 0 Å². The first-order valence-electron chi connectivity index (χ1n) is 11.0. The number of nitrogens with one attached hydrogen (secondary N) is 1. The van der Waals surface area contributed by atoms with Gasteiger partial charge in [-0.15, -0.1) is 0 Å². The first-order chi connectivity index (χ1) is 15.5. The molecular weight excluding hydrogens is 412 g/mol. The number of ether oxygens (including phenoxy) is 1. The third kappa shape index (κ3) is 4.56. The SMILES string of the molecule is CC[C@H](NC(=O)c1ccc(OC)nc1)C1CCC(c2ccnc3c(F)cc(F)cc23)CC1. The molecule has 2 aromatic heterocycles. The van der Waals surface area contributed by atoms with Crippen LogP contribution in [0, 0.1) is 17.6 Å². The number of halogens is 2. The number of methoxy groups -OCH3 is 1. The fourth-order valence-electron chi connectivity index (χ4n) is 4.83. The Kier molecular flexibility index (Phi) is 6.63. The molecule has 1 atom stereocenters. The summed E-state index contributed by atoms with van der Waals surface area (Å²) >= 11 is 0. The second-order valence-electron chi connectivity index (χ2n) is 8.37. The van der Waals surface area contributed by atoms with Crippen LogP contribution >= 0.6 is 0 Å². The molecule has 0 bridgehead atoms. The number of aromatic nitrogens is 2. The maximum Gasteiger partial charge on any atom is 0.253 e. The van der Waals surface area contributed by atoms with Gasteiger partial charge < -0.3 is 10.1 Å². The van der Waals surface area contributed by atoms with Crippen molar-refractivity contribution in [3.63, 3.8) is 0 Å². The van der Waals surface area contributed by atoms with Crippen molar-refractivity contribution < 1.29 is 18.3 Å². The second kappa shape index (κ2) is 9.59. The highest BCUT2D eigenvalue weighted by Crippen LogP contribution is 2.40. The summed E-state index contributed by atoms with van der Waals surface area (Å²) in [6.45, 7) is 2.07. The molecule has 0 spiro atoms. The summed E-state index contributed by atoms with van der Waals surface area (Å²) in [6.07, 6.45) is 7.63. The van der Waals surface area contributed by atoms with Crippen LogP contribution in [0.25, 0.3) is 10.9 Å². The van der Waals surface area contributed by atoms with Gasteiger partial charge in [0.05, 0.1) is 12.7 Å². The van der Waals surface area contributed by atoms with Gasteiger partial charge in [0.15, 0.2) is 5.82 Å². The summed E-state index contributed by atoms with van der Waals surface area (Å²) in [4.78, 5) is 20.9. The number of pyridine rings is 2. The molecule has 32 heavy (non-hydrogen) atoms. The minimum absolute atomic E-state index is 0.0645. The summed E-state index contributed by atoms with van der Waals surface area (Å²) in [6, 6.07) is 7.58. The van der Waals surface area contributed by atoms with E-state index in [-0.39, 0.29) is 23.4 Å². The topological polar surface area (TPSA) is 64.1 Å². The number of benzene rings is 1. The zero-order valence-electron chi connectivity index (χ0n) is 18.3. The van der Waals surface area contributed by atoms with E-state index in [1.807, 2.05) is 6.07 Å². The predicted octanol–water partition coefficient (Wildman–Crippen LogP) is 5.40. The fraction of sp³-hybridized carbons (Fsp3) is 0.400. The molecule has 168 valence electrons. The third-order valence-corrected chi connectivity index (χ3v) is 6.54. The fourth-order valence-corrected chi connectivity index (χ4v) is 4.83. The lowest BCUT2D eigenvalue weighted by Crippen LogP contribution is -2.41. The van der Waals surface area contributed by atoms with E-state index in [4.69, 9.17) is 4.74 Å². The second-order valence-corrected chi connectivity index (χ2v) is 8.37. The summed E-state index contributed by atoms with van der Waals surface area (Å²) in [7, 11) is 1.54. The Hall–Kier alpha value is -3.09. The molecule has 1 aromatic carbocycles. The first kappa shape index (κ1) is 22.1. The molecule has 0 radical (unpaired) electrons. The van der Waals surface area contributed by atoms with Gasteiger partial charge in [0, 0.05) is 36.0 Å². The highest BCUT2D eigenvalue weighted by molar-refractivity contribution is 5.94. The van der Waals surface area contributed by atoms with Crippen LogP contribution < -0.4 is 10.1 Å². The zero-order valence-corrected chi connectivity index (χ0v) is 18.3. The van der Waals surface area contributed by atoms with Gasteiger partial charge in [0.2, 0.25) is 5.88 Å². The van der Waals surface area contributed by atoms with Gasteiger partial charge in [-0.05, 0) is 67.7 Å². The molecule has 1 aliphatic rings. The Morgan fingerprint density at radius 3 is 2.59 bits per heavy atom. The molecular formula is C25H27F2N3O2. The summed E-state index contributed by atoms with van der Waals surface area (Å²) in [5.41, 5.74) is 1.68. The van der Waals surface area contributed by atoms with Crippen LogP contribution in [0.15, 0.2) is 42.7 Å². The van der Waals surface area contributed by atoms with Crippen LogP contribution in [0.2, 0.25) is 0 Å². The molecule has 7 heteroatoms. The van der Waals surface area contributed by atoms with E-state index in [9.17, 15) is 13.6 Å². The quantitative estimate of drug-likeness (QED) is 0.559. The monoisotopic (exact) mass is 439 g/mol. The number of carbonyl (C=O) groups excluding carboxylic acids is 1. The Morgan fingerprint density at radius 1 is 1.16 bits per heavy atom. The molecule has 0 unspecified atom stereocenters. The van der Waals surface area contributed by atoms with Gasteiger partial charge in [-0.25, -0.2) is 13.8 Å². The number of rotatable bonds is 6. The summed E-state index contributed by atoms with van der Waals surface area (Å²) in [5, 5.41) is 3.72. The van der Waals surface area contributed by atoms with Crippen molar-refractivity contribution in [2.24, 2.45) is 5.92 Å². The maximum absolute atomic E-state index is 14.2. The van der Waals surface area contributed by atoms with Gasteiger partial charge in [0.25, 0.3) is 5.91 Å². The van der Waals surface area contributed by atoms with Gasteiger partial charge in [-0.2, -0.15) is 0 Å². The van der Waals surface area contributed by atoms with E-state index in [1.54, 1.807) is 18.3 Å². The standard InChI is InChI=1S/C25H27F2N3O2/c1-3-22(30-25(31)17-8-9-23(32-2)29-14-17)16-6-4-15(5-7-16)19-10-11-28-24-20(19)12-18(26)13-21(24)27/h8-16,22H,3-7H2,1-2H3,(H,30,31)/t15?,16?,22-/m0/s1. The minimum atomic E-state index is -0.627. The predicted molar refractivity (Wildman–Crippen MR) is 119 cm³/mol. The number of hydrogen-bond donors (Lipinski definition) is 1. The van der Waals surface area contributed by atoms with Crippen molar-refractivity contribution in [1.82, 2.24) is 15.3 Å². The van der Waals surface area contributed by atoms with Crippen LogP contribution in [0.4, 0.5) is 8.78 Å². The van der Waals surface area contributed by atoms with Gasteiger partial charge in [-0.1, -0.05) is 6.92 Å². The van der Waals surface area contributed by atoms with E-state index in [2.05, 4.69) is 22.2 Å². The van der Waals surface area contributed by atoms with E-state index in [0.29, 0.717) is 22.7 Å². The van der Waals surface area contributed by atoms with Gasteiger partial charge in [-0.3, -0.25) is 9.78 Å². The van der Waals surface area contributed by atoms with E-state index in [1.165, 1.54) is 19.4 Å². The van der Waals surface area contributed by atoms with Crippen LogP contribution in [-0.4, -0.2) is 29.0 Å². The first-order valence-corrected chi connectivity index (χ1v) is 11.0. The smallest absolute Gasteiger partial charge is 0.253 e. The lowest BCUT2D eigenvalue weighted by atomic mass is 9.75. The van der Waals surface area contributed by atoms with E-state index < -0.39 is 11.6 Å². The molecule has 3 aromatic rings. The number of hydrogen-bond acceptors (Lipinski definition) is 4. The van der Waals surface area contributed by atoms with Crippen molar-refractivity contribution in [2.45, 2.75) is 51.0 Å². The molecule has 1 fully saturated rings. The number of fused-ring (bicyclic) bond motifs is 1. The van der Waals surface area contributed by atoms with Crippen LogP contribution in [0.5, 0.6) is 5.88 Å². The molecule has 2 heterocycles. The highest BCUT2D eigenvalue weighted by Gasteiger charge is 2.29. The lowest BCUT2D eigenvalue weighted by molar-refractivity contribution is 0.0909. The van der Waals surface area contributed by atoms with Crippen molar-refractivity contribution in [2.75, 3.05) is 7.11 Å². The Bertz CT molecular complexity index is 1100. The lowest BCUT2D eigenvalue weighted by Gasteiger charge is -2.34. The molecule has 5 nitrogen and oxygen atoms in total. The van der Waals surface area contributed by atoms with Crippen LogP contribution in [0.3, 0.4) is 0 Å². The Morgan fingerprint density at radius 2 is 1.94 bits per heavy atom. The highest BCUT2D eigenvalue weighted by atomic mass is 19.1. The van der Waals surface area contributed by atoms with Crippen molar-refractivity contribution in [3.05, 3.63) is 65.5 Å². The normalized spacial score (nSPS) is 19.5. The number of nitrogens with zero attached hydrogens (tertiary/aromatic N) is 2. The molecule has 0 aliphatic heterocycles. The minimum Gasteiger partial charge on any atom is -0.481 e. The van der Waals surface area contributed by atoms with Crippen LogP contribution in [-0.2, 0) is 0 Å². The van der Waals surface area contributed by atoms with E-state index in [0.717, 1.165) is 43.7 Å². The molecule has 1 amide bonds. The average molecular weight is 440 g/mol. The molecule has 4 rings (SSSR count). The van der Waals surface area contributed by atoms with E-state index >= 15 is 0 Å². The Labute approximate surface area is 186 Å². The Balaban J connectivity index is 1.43. The number of amides is 1. The van der Waals surface area contributed by atoms with Crippen LogP contribution in [0.1, 0.15) is 60.9 Å². The molecule has 1 N–H and O–H groups in total. The maximum atomic E-state index is 14.2. The summed E-state index contributed by atoms with van der Waals surface area (Å²) in [5.74, 6) is -0.308. The molecule has 1 aliphatic carbocycles. The zero-order chi connectivity index (χ0) is 22.7. The molecule has 1 saturated carbocycles. The van der Waals surface area contributed by atoms with Crippen molar-refractivity contribution in [1.29, 1.82) is 0 Å². The van der Waals surface area contributed by atoms with Crippen molar-refractivity contribution >= 4 is 16.8 Å². The van der Waals surface area contributed by atoms with Gasteiger partial charge in [0.1, 0.15) is 11.3 Å². The third-order valence-electron chi connectivity index (χ3n) is 6.54. The van der Waals surface area contributed by atoms with Crippen molar-refractivity contribution in [3.8, 4) is 5.88 Å². The largest absolute Gasteiger partial charge is 0.481 e. The number of carbonyl (C=O) groups is 1. The molecule has 0 saturated heterocycles. The summed E-state index contributed by atoms with van der Waals surface area (Å²) < 4.78 is 33.0. The average Bonchev–Trinajstić information content (AvgIpc) is 2.82.